The molecule has 5 nitrogen and oxygen atoms in total. The SMILES string of the molecule is CN(Cc1ncn[nH]1)CC1(C(C)(C)C)CCN(Cc2ccccc2)C1. The van der Waals surface area contributed by atoms with Crippen molar-refractivity contribution in [3.05, 3.63) is 48.0 Å². The van der Waals surface area contributed by atoms with Gasteiger partial charge in [0.25, 0.3) is 0 Å². The second-order valence-corrected chi connectivity index (χ2v) is 8.58. The molecule has 3 rings (SSSR count). The van der Waals surface area contributed by atoms with Crippen molar-refractivity contribution in [3.8, 4) is 0 Å². The Balaban J connectivity index is 1.67. The molecule has 136 valence electrons. The van der Waals surface area contributed by atoms with E-state index >= 15 is 0 Å². The average Bonchev–Trinajstić information content (AvgIpc) is 3.18. The van der Waals surface area contributed by atoms with Gasteiger partial charge in [-0.05, 0) is 31.0 Å². The van der Waals surface area contributed by atoms with Gasteiger partial charge in [0.1, 0.15) is 12.2 Å². The molecule has 1 fully saturated rings. The first-order chi connectivity index (χ1) is 11.9. The number of benzene rings is 1. The predicted molar refractivity (Wildman–Crippen MR) is 101 cm³/mol. The van der Waals surface area contributed by atoms with E-state index in [4.69, 9.17) is 0 Å². The molecule has 1 aromatic carbocycles. The van der Waals surface area contributed by atoms with Gasteiger partial charge in [-0.25, -0.2) is 4.98 Å². The van der Waals surface area contributed by atoms with Gasteiger partial charge in [0.05, 0.1) is 6.54 Å². The number of H-pyrrole nitrogens is 1. The normalized spacial score (nSPS) is 22.0. The third kappa shape index (κ3) is 4.28. The maximum Gasteiger partial charge on any atom is 0.138 e. The summed E-state index contributed by atoms with van der Waals surface area (Å²) in [6, 6.07) is 10.8. The second-order valence-electron chi connectivity index (χ2n) is 8.58. The predicted octanol–water partition coefficient (Wildman–Crippen LogP) is 3.17. The zero-order valence-corrected chi connectivity index (χ0v) is 16.0. The van der Waals surface area contributed by atoms with Crippen molar-refractivity contribution in [2.45, 2.75) is 40.3 Å². The molecule has 0 aliphatic carbocycles. The van der Waals surface area contributed by atoms with Crippen LogP contribution in [0.3, 0.4) is 0 Å². The first-order valence-electron chi connectivity index (χ1n) is 9.17. The van der Waals surface area contributed by atoms with E-state index in [2.05, 4.69) is 83.1 Å². The van der Waals surface area contributed by atoms with Gasteiger partial charge in [-0.1, -0.05) is 51.1 Å². The molecule has 0 bridgehead atoms. The van der Waals surface area contributed by atoms with Crippen molar-refractivity contribution in [2.75, 3.05) is 26.7 Å². The summed E-state index contributed by atoms with van der Waals surface area (Å²) in [6.45, 7) is 12.4. The lowest BCUT2D eigenvalue weighted by atomic mass is 9.65. The quantitative estimate of drug-likeness (QED) is 0.877. The average molecular weight is 342 g/mol. The smallest absolute Gasteiger partial charge is 0.138 e. The lowest BCUT2D eigenvalue weighted by Crippen LogP contribution is -2.46. The highest BCUT2D eigenvalue weighted by Gasteiger charge is 2.47. The highest BCUT2D eigenvalue weighted by atomic mass is 15.2. The lowest BCUT2D eigenvalue weighted by Gasteiger charge is -2.44. The van der Waals surface area contributed by atoms with Gasteiger partial charge in [-0.3, -0.25) is 14.9 Å². The molecule has 0 spiro atoms. The Bertz CT molecular complexity index is 646. The number of hydrogen-bond acceptors (Lipinski definition) is 4. The lowest BCUT2D eigenvalue weighted by molar-refractivity contribution is 0.0479. The maximum atomic E-state index is 4.27. The minimum absolute atomic E-state index is 0.258. The third-order valence-electron chi connectivity index (χ3n) is 5.73. The van der Waals surface area contributed by atoms with Gasteiger partial charge < -0.3 is 0 Å². The maximum absolute atomic E-state index is 4.27. The fourth-order valence-corrected chi connectivity index (χ4v) is 4.05. The van der Waals surface area contributed by atoms with E-state index in [0.29, 0.717) is 0 Å². The Morgan fingerprint density at radius 2 is 2.00 bits per heavy atom. The van der Waals surface area contributed by atoms with Crippen molar-refractivity contribution in [2.24, 2.45) is 10.8 Å². The first-order valence-corrected chi connectivity index (χ1v) is 9.17. The van der Waals surface area contributed by atoms with Crippen LogP contribution in [-0.4, -0.2) is 51.7 Å². The molecular weight excluding hydrogens is 310 g/mol. The van der Waals surface area contributed by atoms with Crippen molar-refractivity contribution in [1.82, 2.24) is 25.0 Å². The summed E-state index contributed by atoms with van der Waals surface area (Å²) < 4.78 is 0. The monoisotopic (exact) mass is 341 g/mol. The molecule has 2 heterocycles. The van der Waals surface area contributed by atoms with E-state index in [9.17, 15) is 0 Å². The van der Waals surface area contributed by atoms with Gasteiger partial charge in [0, 0.05) is 25.0 Å². The Morgan fingerprint density at radius 1 is 1.24 bits per heavy atom. The molecule has 1 saturated heterocycles. The number of hydrogen-bond donors (Lipinski definition) is 1. The van der Waals surface area contributed by atoms with E-state index < -0.39 is 0 Å². The van der Waals surface area contributed by atoms with Crippen LogP contribution in [-0.2, 0) is 13.1 Å². The van der Waals surface area contributed by atoms with Crippen LogP contribution < -0.4 is 0 Å². The van der Waals surface area contributed by atoms with Crippen molar-refractivity contribution in [3.63, 3.8) is 0 Å². The van der Waals surface area contributed by atoms with E-state index in [0.717, 1.165) is 32.0 Å². The van der Waals surface area contributed by atoms with Crippen molar-refractivity contribution < 1.29 is 0 Å². The largest absolute Gasteiger partial charge is 0.298 e. The van der Waals surface area contributed by atoms with E-state index in [1.807, 2.05) is 0 Å². The van der Waals surface area contributed by atoms with Crippen LogP contribution in [0.2, 0.25) is 0 Å². The van der Waals surface area contributed by atoms with Gasteiger partial charge in [-0.2, -0.15) is 5.10 Å². The summed E-state index contributed by atoms with van der Waals surface area (Å²) >= 11 is 0. The van der Waals surface area contributed by atoms with Crippen LogP contribution in [0.15, 0.2) is 36.7 Å². The minimum atomic E-state index is 0.258. The molecule has 1 atom stereocenters. The molecular formula is C20H31N5. The minimum Gasteiger partial charge on any atom is -0.298 e. The summed E-state index contributed by atoms with van der Waals surface area (Å²) in [5.41, 5.74) is 1.95. The van der Waals surface area contributed by atoms with Crippen molar-refractivity contribution >= 4 is 0 Å². The van der Waals surface area contributed by atoms with Crippen LogP contribution in [0.5, 0.6) is 0 Å². The topological polar surface area (TPSA) is 48.1 Å². The number of nitrogens with zero attached hydrogens (tertiary/aromatic N) is 4. The van der Waals surface area contributed by atoms with Gasteiger partial charge >= 0.3 is 0 Å². The van der Waals surface area contributed by atoms with Crippen LogP contribution in [0.1, 0.15) is 38.6 Å². The fourth-order valence-electron chi connectivity index (χ4n) is 4.05. The number of likely N-dealkylation sites (tertiary alicyclic amines) is 1. The Morgan fingerprint density at radius 3 is 2.64 bits per heavy atom. The molecule has 25 heavy (non-hydrogen) atoms. The molecule has 1 unspecified atom stereocenters. The molecule has 1 aliphatic rings. The number of aromatic amines is 1. The molecule has 1 N–H and O–H groups in total. The van der Waals surface area contributed by atoms with Gasteiger partial charge in [0.15, 0.2) is 0 Å². The Labute approximate surface area is 151 Å². The third-order valence-corrected chi connectivity index (χ3v) is 5.73. The first kappa shape index (κ1) is 18.1. The van der Waals surface area contributed by atoms with Crippen LogP contribution in [0, 0.1) is 10.8 Å². The number of rotatable bonds is 6. The zero-order chi connectivity index (χ0) is 17.9. The van der Waals surface area contributed by atoms with E-state index in [1.165, 1.54) is 18.5 Å². The summed E-state index contributed by atoms with van der Waals surface area (Å²) in [5, 5.41) is 6.93. The summed E-state index contributed by atoms with van der Waals surface area (Å²) in [5.74, 6) is 0.936. The second kappa shape index (κ2) is 7.26. The molecule has 5 heteroatoms. The summed E-state index contributed by atoms with van der Waals surface area (Å²) in [7, 11) is 2.19. The number of aromatic nitrogens is 3. The molecule has 2 aromatic rings. The molecule has 1 aromatic heterocycles. The summed E-state index contributed by atoms with van der Waals surface area (Å²) in [6.07, 6.45) is 2.82. The summed E-state index contributed by atoms with van der Waals surface area (Å²) in [4.78, 5) is 9.27. The Hall–Kier alpha value is -1.72. The molecule has 0 radical (unpaired) electrons. The Kier molecular flexibility index (Phi) is 5.25. The van der Waals surface area contributed by atoms with E-state index in [-0.39, 0.29) is 10.8 Å². The van der Waals surface area contributed by atoms with Crippen LogP contribution >= 0.6 is 0 Å². The fraction of sp³-hybridized carbons (Fsp3) is 0.600. The molecule has 0 amide bonds. The van der Waals surface area contributed by atoms with Crippen LogP contribution in [0.4, 0.5) is 0 Å². The van der Waals surface area contributed by atoms with Gasteiger partial charge in [0.2, 0.25) is 0 Å². The van der Waals surface area contributed by atoms with Gasteiger partial charge in [-0.15, -0.1) is 0 Å². The molecule has 0 saturated carbocycles. The standard InChI is InChI=1S/C20H31N5/c1-19(2,3)20(14-24(4)13-18-21-16-22-23-18)10-11-25(15-20)12-17-8-6-5-7-9-17/h5-9,16H,10-15H2,1-4H3,(H,21,22,23). The van der Waals surface area contributed by atoms with Crippen LogP contribution in [0.25, 0.3) is 0 Å². The highest BCUT2D eigenvalue weighted by molar-refractivity contribution is 5.15. The number of nitrogens with one attached hydrogen (secondary N) is 1. The van der Waals surface area contributed by atoms with E-state index in [1.54, 1.807) is 6.33 Å². The van der Waals surface area contributed by atoms with Crippen molar-refractivity contribution in [1.29, 1.82) is 0 Å². The zero-order valence-electron chi connectivity index (χ0n) is 16.0. The molecule has 1 aliphatic heterocycles. The highest BCUT2D eigenvalue weighted by Crippen LogP contribution is 2.46.